The zero-order valence-corrected chi connectivity index (χ0v) is 12.0. The van der Waals surface area contributed by atoms with E-state index in [0.29, 0.717) is 18.8 Å². The Hall–Kier alpha value is -1.10. The van der Waals surface area contributed by atoms with Crippen molar-refractivity contribution in [3.05, 3.63) is 0 Å². The normalized spacial score (nSPS) is 14.4. The van der Waals surface area contributed by atoms with E-state index in [0.717, 1.165) is 0 Å². The molecule has 1 amide bonds. The molecule has 0 radical (unpaired) electrons. The Bertz CT molecular complexity index is 277. The lowest BCUT2D eigenvalue weighted by molar-refractivity contribution is -0.145. The fourth-order valence-electron chi connectivity index (χ4n) is 1.72. The first-order valence-corrected chi connectivity index (χ1v) is 6.41. The molecule has 0 aliphatic carbocycles. The van der Waals surface area contributed by atoms with Gasteiger partial charge in [-0.3, -0.25) is 4.79 Å². The second kappa shape index (κ2) is 8.08. The van der Waals surface area contributed by atoms with Crippen molar-refractivity contribution >= 4 is 11.9 Å². The van der Waals surface area contributed by atoms with Gasteiger partial charge in [-0.2, -0.15) is 0 Å². The van der Waals surface area contributed by atoms with Gasteiger partial charge in [-0.25, -0.2) is 4.79 Å². The van der Waals surface area contributed by atoms with E-state index in [1.54, 1.807) is 0 Å². The number of carbonyl (C=O) groups excluding carboxylic acids is 2. The molecule has 1 unspecified atom stereocenters. The summed E-state index contributed by atoms with van der Waals surface area (Å²) in [5.41, 5.74) is 5.77. The van der Waals surface area contributed by atoms with Crippen molar-refractivity contribution in [3.63, 3.8) is 0 Å². The van der Waals surface area contributed by atoms with E-state index < -0.39 is 18.1 Å². The van der Waals surface area contributed by atoms with E-state index >= 15 is 0 Å². The predicted octanol–water partition coefficient (Wildman–Crippen LogP) is 1.06. The van der Waals surface area contributed by atoms with Gasteiger partial charge >= 0.3 is 5.97 Å². The third kappa shape index (κ3) is 6.59. The second-order valence-electron chi connectivity index (χ2n) is 5.45. The van der Waals surface area contributed by atoms with Gasteiger partial charge in [0.2, 0.25) is 5.91 Å². The molecule has 5 heteroatoms. The number of carbonyl (C=O) groups is 2. The average molecular weight is 258 g/mol. The van der Waals surface area contributed by atoms with Crippen LogP contribution in [0.2, 0.25) is 0 Å². The maximum Gasteiger partial charge on any atom is 0.328 e. The topological polar surface area (TPSA) is 81.4 Å². The molecule has 0 aromatic carbocycles. The highest BCUT2D eigenvalue weighted by atomic mass is 16.5. The molecular weight excluding hydrogens is 232 g/mol. The molecule has 0 spiro atoms. The summed E-state index contributed by atoms with van der Waals surface area (Å²) < 4.78 is 4.68. The van der Waals surface area contributed by atoms with Crippen LogP contribution in [0.25, 0.3) is 0 Å². The molecule has 0 aromatic rings. The number of nitrogens with one attached hydrogen (secondary N) is 1. The molecule has 0 aliphatic rings. The van der Waals surface area contributed by atoms with Crippen LogP contribution < -0.4 is 11.1 Å². The first-order chi connectivity index (χ1) is 8.27. The molecule has 0 bridgehead atoms. The SMILES string of the molecule is COC(=O)C(CC(C)C)NC(=O)[C@H](N)CC(C)C. The van der Waals surface area contributed by atoms with Gasteiger partial charge in [0.15, 0.2) is 0 Å². The van der Waals surface area contributed by atoms with Crippen molar-refractivity contribution in [2.45, 2.75) is 52.6 Å². The quantitative estimate of drug-likeness (QED) is 0.669. The highest BCUT2D eigenvalue weighted by Crippen LogP contribution is 2.08. The number of methoxy groups -OCH3 is 1. The number of hydrogen-bond donors (Lipinski definition) is 2. The first kappa shape index (κ1) is 16.9. The Morgan fingerprint density at radius 3 is 2.00 bits per heavy atom. The molecule has 0 aromatic heterocycles. The van der Waals surface area contributed by atoms with Crippen molar-refractivity contribution < 1.29 is 14.3 Å². The van der Waals surface area contributed by atoms with Crippen LogP contribution >= 0.6 is 0 Å². The Kier molecular flexibility index (Phi) is 7.59. The van der Waals surface area contributed by atoms with Crippen LogP contribution in [-0.4, -0.2) is 31.1 Å². The zero-order chi connectivity index (χ0) is 14.3. The molecule has 3 N–H and O–H groups in total. The van der Waals surface area contributed by atoms with Gasteiger partial charge in [-0.05, 0) is 24.7 Å². The second-order valence-corrected chi connectivity index (χ2v) is 5.45. The first-order valence-electron chi connectivity index (χ1n) is 6.41. The lowest BCUT2D eigenvalue weighted by Crippen LogP contribution is -2.49. The third-order valence-electron chi connectivity index (χ3n) is 2.57. The lowest BCUT2D eigenvalue weighted by Gasteiger charge is -2.21. The Labute approximate surface area is 109 Å². The molecule has 0 aliphatic heterocycles. The highest BCUT2D eigenvalue weighted by Gasteiger charge is 2.25. The summed E-state index contributed by atoms with van der Waals surface area (Å²) in [6, 6.07) is -1.19. The van der Waals surface area contributed by atoms with Crippen molar-refractivity contribution in [1.29, 1.82) is 0 Å². The fourth-order valence-corrected chi connectivity index (χ4v) is 1.72. The third-order valence-corrected chi connectivity index (χ3v) is 2.57. The van der Waals surface area contributed by atoms with Crippen LogP contribution in [-0.2, 0) is 14.3 Å². The van der Waals surface area contributed by atoms with E-state index in [-0.39, 0.29) is 11.8 Å². The van der Waals surface area contributed by atoms with Gasteiger partial charge in [0.05, 0.1) is 13.2 Å². The molecule has 2 atom stereocenters. The number of ether oxygens (including phenoxy) is 1. The van der Waals surface area contributed by atoms with Gasteiger partial charge in [0, 0.05) is 0 Å². The summed E-state index contributed by atoms with van der Waals surface area (Å²) in [5.74, 6) is -0.0864. The Balaban J connectivity index is 4.47. The van der Waals surface area contributed by atoms with Crippen LogP contribution in [0, 0.1) is 11.8 Å². The molecule has 5 nitrogen and oxygen atoms in total. The molecular formula is C13H26N2O3. The van der Waals surface area contributed by atoms with Gasteiger partial charge in [0.1, 0.15) is 6.04 Å². The average Bonchev–Trinajstić information content (AvgIpc) is 2.25. The number of amides is 1. The minimum absolute atomic E-state index is 0.288. The predicted molar refractivity (Wildman–Crippen MR) is 70.8 cm³/mol. The van der Waals surface area contributed by atoms with Crippen molar-refractivity contribution in [2.75, 3.05) is 7.11 Å². The molecule has 0 rings (SSSR count). The number of esters is 1. The zero-order valence-electron chi connectivity index (χ0n) is 12.0. The molecule has 18 heavy (non-hydrogen) atoms. The van der Waals surface area contributed by atoms with Gasteiger partial charge < -0.3 is 15.8 Å². The molecule has 0 heterocycles. The van der Waals surface area contributed by atoms with Crippen LogP contribution in [0.3, 0.4) is 0 Å². The Morgan fingerprint density at radius 2 is 1.61 bits per heavy atom. The summed E-state index contributed by atoms with van der Waals surface area (Å²) in [4.78, 5) is 23.4. The van der Waals surface area contributed by atoms with Gasteiger partial charge in [-0.1, -0.05) is 27.7 Å². The summed E-state index contributed by atoms with van der Waals surface area (Å²) in [6.45, 7) is 7.96. The fraction of sp³-hybridized carbons (Fsp3) is 0.846. The molecule has 0 saturated carbocycles. The van der Waals surface area contributed by atoms with Crippen molar-refractivity contribution in [2.24, 2.45) is 17.6 Å². The van der Waals surface area contributed by atoms with Crippen LogP contribution in [0.15, 0.2) is 0 Å². The minimum atomic E-state index is -0.610. The summed E-state index contributed by atoms with van der Waals surface area (Å²) >= 11 is 0. The maximum absolute atomic E-state index is 11.8. The van der Waals surface area contributed by atoms with Crippen molar-refractivity contribution in [1.82, 2.24) is 5.32 Å². The van der Waals surface area contributed by atoms with Crippen LogP contribution in [0.4, 0.5) is 0 Å². The highest BCUT2D eigenvalue weighted by molar-refractivity contribution is 5.87. The summed E-state index contributed by atoms with van der Waals surface area (Å²) in [7, 11) is 1.32. The molecule has 0 saturated heterocycles. The van der Waals surface area contributed by atoms with E-state index in [2.05, 4.69) is 10.1 Å². The van der Waals surface area contributed by atoms with E-state index in [4.69, 9.17) is 5.73 Å². The van der Waals surface area contributed by atoms with Gasteiger partial charge in [0.25, 0.3) is 0 Å². The maximum atomic E-state index is 11.8. The van der Waals surface area contributed by atoms with Gasteiger partial charge in [-0.15, -0.1) is 0 Å². The monoisotopic (exact) mass is 258 g/mol. The largest absolute Gasteiger partial charge is 0.467 e. The number of rotatable bonds is 7. The molecule has 0 fully saturated rings. The standard InChI is InChI=1S/C13H26N2O3/c1-8(2)6-10(14)12(16)15-11(7-9(3)4)13(17)18-5/h8-11H,6-7,14H2,1-5H3,(H,15,16)/t10-,11?/m1/s1. The minimum Gasteiger partial charge on any atom is -0.467 e. The van der Waals surface area contributed by atoms with E-state index in [1.807, 2.05) is 27.7 Å². The van der Waals surface area contributed by atoms with Crippen LogP contribution in [0.5, 0.6) is 0 Å². The molecule has 106 valence electrons. The smallest absolute Gasteiger partial charge is 0.328 e. The Morgan fingerprint density at radius 1 is 1.11 bits per heavy atom. The van der Waals surface area contributed by atoms with E-state index in [9.17, 15) is 9.59 Å². The number of nitrogens with two attached hydrogens (primary N) is 1. The summed E-state index contributed by atoms with van der Waals surface area (Å²) in [6.07, 6.45) is 1.15. The van der Waals surface area contributed by atoms with Crippen LogP contribution in [0.1, 0.15) is 40.5 Å². The van der Waals surface area contributed by atoms with E-state index in [1.165, 1.54) is 7.11 Å². The van der Waals surface area contributed by atoms with Crippen molar-refractivity contribution in [3.8, 4) is 0 Å². The number of hydrogen-bond acceptors (Lipinski definition) is 4. The summed E-state index contributed by atoms with van der Waals surface area (Å²) in [5, 5.41) is 2.67. The lowest BCUT2D eigenvalue weighted by atomic mass is 10.0.